The molecule has 3 heterocycles. The predicted molar refractivity (Wildman–Crippen MR) is 102 cm³/mol. The minimum Gasteiger partial charge on any atom is -0.486 e. The molecule has 3 amide bonds. The van der Waals surface area contributed by atoms with Crippen LogP contribution in [0.1, 0.15) is 5.56 Å². The zero-order valence-electron chi connectivity index (χ0n) is 15.1. The number of imide groups is 1. The number of nitrogens with one attached hydrogen (secondary N) is 2. The van der Waals surface area contributed by atoms with Gasteiger partial charge in [0.15, 0.2) is 17.6 Å². The van der Waals surface area contributed by atoms with Gasteiger partial charge in [-0.1, -0.05) is 30.3 Å². The lowest BCUT2D eigenvalue weighted by atomic mass is 10.1. The van der Waals surface area contributed by atoms with Crippen molar-refractivity contribution in [3.63, 3.8) is 0 Å². The van der Waals surface area contributed by atoms with E-state index in [1.54, 1.807) is 0 Å². The molecule has 0 saturated carbocycles. The SMILES string of the molecule is O=C1N[C@H](Cc2c[nH]c3ccccc23)C(=O)N1C[C@@H]1COc2ccccc2O1. The average molecular weight is 377 g/mol. The third kappa shape index (κ3) is 2.85. The largest absolute Gasteiger partial charge is 0.486 e. The molecule has 2 aliphatic rings. The van der Waals surface area contributed by atoms with Crippen LogP contribution in [-0.4, -0.2) is 47.1 Å². The zero-order chi connectivity index (χ0) is 19.1. The maximum atomic E-state index is 12.8. The highest BCUT2D eigenvalue weighted by Crippen LogP contribution is 2.31. The number of para-hydroxylation sites is 3. The quantitative estimate of drug-likeness (QED) is 0.684. The third-order valence-electron chi connectivity index (χ3n) is 5.16. The monoisotopic (exact) mass is 377 g/mol. The molecule has 7 heteroatoms. The second-order valence-electron chi connectivity index (χ2n) is 7.01. The van der Waals surface area contributed by atoms with Crippen LogP contribution >= 0.6 is 0 Å². The fraction of sp³-hybridized carbons (Fsp3) is 0.238. The van der Waals surface area contributed by atoms with Crippen molar-refractivity contribution in [2.75, 3.05) is 13.2 Å². The number of aromatic amines is 1. The highest BCUT2D eigenvalue weighted by molar-refractivity contribution is 6.04. The van der Waals surface area contributed by atoms with Crippen molar-refractivity contribution < 1.29 is 19.1 Å². The van der Waals surface area contributed by atoms with E-state index in [0.29, 0.717) is 24.5 Å². The van der Waals surface area contributed by atoms with E-state index in [9.17, 15) is 9.59 Å². The summed E-state index contributed by atoms with van der Waals surface area (Å²) in [6.07, 6.45) is 1.94. The number of ether oxygens (including phenoxy) is 2. The van der Waals surface area contributed by atoms with Crippen LogP contribution in [0.15, 0.2) is 54.7 Å². The van der Waals surface area contributed by atoms with Gasteiger partial charge in [0.05, 0.1) is 6.54 Å². The van der Waals surface area contributed by atoms with Crippen molar-refractivity contribution in [2.45, 2.75) is 18.6 Å². The van der Waals surface area contributed by atoms with Gasteiger partial charge in [-0.05, 0) is 23.8 Å². The third-order valence-corrected chi connectivity index (χ3v) is 5.16. The van der Waals surface area contributed by atoms with Crippen LogP contribution in [-0.2, 0) is 11.2 Å². The van der Waals surface area contributed by atoms with Crippen molar-refractivity contribution in [1.29, 1.82) is 0 Å². The number of carbonyl (C=O) groups excluding carboxylic acids is 2. The van der Waals surface area contributed by atoms with E-state index in [4.69, 9.17) is 9.47 Å². The molecule has 3 aromatic rings. The predicted octanol–water partition coefficient (Wildman–Crippen LogP) is 2.47. The number of benzene rings is 2. The van der Waals surface area contributed by atoms with E-state index >= 15 is 0 Å². The van der Waals surface area contributed by atoms with E-state index in [0.717, 1.165) is 16.5 Å². The van der Waals surface area contributed by atoms with Gasteiger partial charge in [-0.25, -0.2) is 4.79 Å². The summed E-state index contributed by atoms with van der Waals surface area (Å²) in [6, 6.07) is 14.3. The number of aromatic nitrogens is 1. The molecule has 2 atom stereocenters. The minimum atomic E-state index is -0.580. The summed E-state index contributed by atoms with van der Waals surface area (Å²) in [5, 5.41) is 3.85. The van der Waals surface area contributed by atoms with Gasteiger partial charge in [0, 0.05) is 23.5 Å². The number of hydrogen-bond donors (Lipinski definition) is 2. The van der Waals surface area contributed by atoms with Crippen LogP contribution in [0.3, 0.4) is 0 Å². The fourth-order valence-electron chi connectivity index (χ4n) is 3.77. The molecular weight excluding hydrogens is 358 g/mol. The molecule has 0 unspecified atom stereocenters. The Hall–Kier alpha value is -3.48. The van der Waals surface area contributed by atoms with Gasteiger partial charge in [0.2, 0.25) is 0 Å². The van der Waals surface area contributed by atoms with Crippen LogP contribution in [0.25, 0.3) is 10.9 Å². The second kappa shape index (κ2) is 6.60. The summed E-state index contributed by atoms with van der Waals surface area (Å²) in [5.41, 5.74) is 2.01. The molecule has 0 radical (unpaired) electrons. The van der Waals surface area contributed by atoms with Gasteiger partial charge in [-0.15, -0.1) is 0 Å². The van der Waals surface area contributed by atoms with Crippen LogP contribution < -0.4 is 14.8 Å². The second-order valence-corrected chi connectivity index (χ2v) is 7.01. The summed E-state index contributed by atoms with van der Waals surface area (Å²) in [5.74, 6) is 1.06. The molecule has 1 fully saturated rings. The first kappa shape index (κ1) is 16.7. The number of rotatable bonds is 4. The number of fused-ring (bicyclic) bond motifs is 2. The lowest BCUT2D eigenvalue weighted by molar-refractivity contribution is -0.128. The highest BCUT2D eigenvalue weighted by Gasteiger charge is 2.40. The number of amides is 3. The Kier molecular flexibility index (Phi) is 3.93. The number of carbonyl (C=O) groups is 2. The Bertz CT molecular complexity index is 1060. The molecule has 1 aromatic heterocycles. The smallest absolute Gasteiger partial charge is 0.324 e. The molecule has 28 heavy (non-hydrogen) atoms. The maximum Gasteiger partial charge on any atom is 0.324 e. The summed E-state index contributed by atoms with van der Waals surface area (Å²) in [7, 11) is 0. The molecule has 7 nitrogen and oxygen atoms in total. The number of H-pyrrole nitrogens is 1. The van der Waals surface area contributed by atoms with Crippen LogP contribution in [0, 0.1) is 0 Å². The van der Waals surface area contributed by atoms with Gasteiger partial charge in [-0.3, -0.25) is 9.69 Å². The Morgan fingerprint density at radius 1 is 1.04 bits per heavy atom. The lowest BCUT2D eigenvalue weighted by Gasteiger charge is -2.28. The standard InChI is InChI=1S/C21H19N3O4/c25-20-17(9-13-10-22-16-6-2-1-5-15(13)16)23-21(26)24(20)11-14-12-27-18-7-3-4-8-19(18)28-14/h1-8,10,14,17,22H,9,11-12H2,(H,23,26)/t14-,17-/m1/s1. The van der Waals surface area contributed by atoms with Crippen molar-refractivity contribution in [3.8, 4) is 11.5 Å². The molecule has 0 bridgehead atoms. The van der Waals surface area contributed by atoms with Gasteiger partial charge in [-0.2, -0.15) is 0 Å². The van der Waals surface area contributed by atoms with Crippen molar-refractivity contribution >= 4 is 22.8 Å². The van der Waals surface area contributed by atoms with E-state index < -0.39 is 18.2 Å². The lowest BCUT2D eigenvalue weighted by Crippen LogP contribution is -2.44. The van der Waals surface area contributed by atoms with Crippen LogP contribution in [0.5, 0.6) is 11.5 Å². The Morgan fingerprint density at radius 3 is 2.71 bits per heavy atom. The van der Waals surface area contributed by atoms with Crippen molar-refractivity contribution in [1.82, 2.24) is 15.2 Å². The molecule has 2 N–H and O–H groups in total. The average Bonchev–Trinajstić information content (AvgIpc) is 3.24. The number of nitrogens with zero attached hydrogens (tertiary/aromatic N) is 1. The first-order valence-corrected chi connectivity index (χ1v) is 9.24. The summed E-state index contributed by atoms with van der Waals surface area (Å²) < 4.78 is 11.6. The fourth-order valence-corrected chi connectivity index (χ4v) is 3.77. The van der Waals surface area contributed by atoms with E-state index in [-0.39, 0.29) is 12.5 Å². The molecular formula is C21H19N3O4. The Balaban J connectivity index is 1.28. The highest BCUT2D eigenvalue weighted by atomic mass is 16.6. The maximum absolute atomic E-state index is 12.8. The van der Waals surface area contributed by atoms with Gasteiger partial charge in [0.1, 0.15) is 12.6 Å². The summed E-state index contributed by atoms with van der Waals surface area (Å²) in [4.78, 5) is 29.7. The number of hydrogen-bond acceptors (Lipinski definition) is 4. The van der Waals surface area contributed by atoms with Crippen LogP contribution in [0.4, 0.5) is 4.79 Å². The van der Waals surface area contributed by atoms with E-state index in [1.807, 2.05) is 54.7 Å². The molecule has 1 saturated heterocycles. The summed E-state index contributed by atoms with van der Waals surface area (Å²) >= 11 is 0. The summed E-state index contributed by atoms with van der Waals surface area (Å²) in [6.45, 7) is 0.449. The minimum absolute atomic E-state index is 0.156. The Labute approximate surface area is 161 Å². The first-order valence-electron chi connectivity index (χ1n) is 9.24. The molecule has 0 spiro atoms. The van der Waals surface area contributed by atoms with Gasteiger partial charge in [0.25, 0.3) is 5.91 Å². The van der Waals surface area contributed by atoms with E-state index in [1.165, 1.54) is 4.90 Å². The van der Waals surface area contributed by atoms with Crippen molar-refractivity contribution in [3.05, 3.63) is 60.3 Å². The van der Waals surface area contributed by atoms with Crippen molar-refractivity contribution in [2.24, 2.45) is 0 Å². The Morgan fingerprint density at radius 2 is 1.82 bits per heavy atom. The first-order chi connectivity index (χ1) is 13.7. The van der Waals surface area contributed by atoms with Crippen LogP contribution in [0.2, 0.25) is 0 Å². The molecule has 142 valence electrons. The topological polar surface area (TPSA) is 83.7 Å². The molecule has 0 aliphatic carbocycles. The molecule has 5 rings (SSSR count). The number of urea groups is 1. The van der Waals surface area contributed by atoms with Gasteiger partial charge >= 0.3 is 6.03 Å². The van der Waals surface area contributed by atoms with Gasteiger partial charge < -0.3 is 19.8 Å². The normalized spacial score (nSPS) is 21.2. The van der Waals surface area contributed by atoms with E-state index in [2.05, 4.69) is 10.3 Å². The molecule has 2 aliphatic heterocycles. The zero-order valence-corrected chi connectivity index (χ0v) is 15.1. The molecule has 2 aromatic carbocycles.